The Labute approximate surface area is 116 Å². The van der Waals surface area contributed by atoms with Gasteiger partial charge in [-0.1, -0.05) is 13.3 Å². The average molecular weight is 265 g/mol. The van der Waals surface area contributed by atoms with E-state index in [4.69, 9.17) is 0 Å². The van der Waals surface area contributed by atoms with E-state index in [2.05, 4.69) is 29.5 Å². The van der Waals surface area contributed by atoms with Crippen LogP contribution in [0.4, 0.5) is 0 Å². The van der Waals surface area contributed by atoms with Gasteiger partial charge in [-0.2, -0.15) is 0 Å². The molecule has 0 aromatic heterocycles. The molecule has 4 atom stereocenters. The van der Waals surface area contributed by atoms with Crippen molar-refractivity contribution < 1.29 is 4.79 Å². The Kier molecular flexibility index (Phi) is 3.81. The van der Waals surface area contributed by atoms with Crippen LogP contribution in [0, 0.1) is 5.92 Å². The van der Waals surface area contributed by atoms with Crippen LogP contribution in [0.15, 0.2) is 0 Å². The lowest BCUT2D eigenvalue weighted by molar-refractivity contribution is -0.125. The molecule has 1 amide bonds. The lowest BCUT2D eigenvalue weighted by Gasteiger charge is -2.47. The number of nitrogens with one attached hydrogen (secondary N) is 2. The SMILES string of the molecule is CC1CCNC1C(=O)NC1CC2CCCC(C1)N2C. The normalized spacial score (nSPS) is 43.2. The fraction of sp³-hybridized carbons (Fsp3) is 0.933. The summed E-state index contributed by atoms with van der Waals surface area (Å²) in [5.74, 6) is 0.711. The highest BCUT2D eigenvalue weighted by Gasteiger charge is 2.38. The van der Waals surface area contributed by atoms with Gasteiger partial charge in [0.1, 0.15) is 0 Å². The molecular weight excluding hydrogens is 238 g/mol. The Bertz CT molecular complexity index is 332. The molecule has 4 heteroatoms. The van der Waals surface area contributed by atoms with E-state index in [-0.39, 0.29) is 11.9 Å². The summed E-state index contributed by atoms with van der Waals surface area (Å²) in [6.45, 7) is 3.16. The van der Waals surface area contributed by atoms with E-state index in [9.17, 15) is 4.79 Å². The molecule has 3 saturated heterocycles. The number of rotatable bonds is 2. The average Bonchev–Trinajstić information content (AvgIpc) is 2.77. The zero-order valence-corrected chi connectivity index (χ0v) is 12.2. The lowest BCUT2D eigenvalue weighted by Crippen LogP contribution is -2.57. The van der Waals surface area contributed by atoms with Crippen LogP contribution >= 0.6 is 0 Å². The maximum absolute atomic E-state index is 12.3. The summed E-state index contributed by atoms with van der Waals surface area (Å²) in [5, 5.41) is 6.64. The molecule has 108 valence electrons. The van der Waals surface area contributed by atoms with Crippen molar-refractivity contribution in [3.8, 4) is 0 Å². The summed E-state index contributed by atoms with van der Waals surface area (Å²) in [7, 11) is 2.26. The zero-order chi connectivity index (χ0) is 13.4. The van der Waals surface area contributed by atoms with E-state index in [0.29, 0.717) is 24.0 Å². The summed E-state index contributed by atoms with van der Waals surface area (Å²) in [4.78, 5) is 14.9. The van der Waals surface area contributed by atoms with Crippen molar-refractivity contribution >= 4 is 5.91 Å². The van der Waals surface area contributed by atoms with Gasteiger partial charge in [0.05, 0.1) is 6.04 Å². The number of carbonyl (C=O) groups is 1. The minimum Gasteiger partial charge on any atom is -0.352 e. The van der Waals surface area contributed by atoms with Gasteiger partial charge < -0.3 is 15.5 Å². The van der Waals surface area contributed by atoms with Gasteiger partial charge in [-0.15, -0.1) is 0 Å². The Morgan fingerprint density at radius 2 is 1.89 bits per heavy atom. The first-order valence-electron chi connectivity index (χ1n) is 7.91. The molecule has 3 fully saturated rings. The second-order valence-corrected chi connectivity index (χ2v) is 6.78. The van der Waals surface area contributed by atoms with E-state index < -0.39 is 0 Å². The Morgan fingerprint density at radius 1 is 1.21 bits per heavy atom. The molecule has 0 aromatic rings. The van der Waals surface area contributed by atoms with Gasteiger partial charge in [-0.05, 0) is 51.6 Å². The highest BCUT2D eigenvalue weighted by Crippen LogP contribution is 2.32. The fourth-order valence-electron chi connectivity index (χ4n) is 4.21. The topological polar surface area (TPSA) is 44.4 Å². The van der Waals surface area contributed by atoms with Crippen LogP contribution in [0.1, 0.15) is 45.4 Å². The number of carbonyl (C=O) groups excluding carboxylic acids is 1. The molecule has 3 rings (SSSR count). The van der Waals surface area contributed by atoms with E-state index in [1.165, 1.54) is 19.3 Å². The van der Waals surface area contributed by atoms with Crippen LogP contribution in [-0.4, -0.2) is 48.6 Å². The molecule has 3 aliphatic heterocycles. The summed E-state index contributed by atoms with van der Waals surface area (Å²) < 4.78 is 0. The second-order valence-electron chi connectivity index (χ2n) is 6.78. The van der Waals surface area contributed by atoms with Crippen molar-refractivity contribution in [3.05, 3.63) is 0 Å². The Hall–Kier alpha value is -0.610. The van der Waals surface area contributed by atoms with Gasteiger partial charge in [0, 0.05) is 18.1 Å². The first kappa shape index (κ1) is 13.4. The number of amides is 1. The highest BCUT2D eigenvalue weighted by molar-refractivity contribution is 5.82. The number of piperidine rings is 2. The summed E-state index contributed by atoms with van der Waals surface area (Å²) in [6, 6.07) is 1.81. The first-order valence-corrected chi connectivity index (χ1v) is 7.91. The third-order valence-corrected chi connectivity index (χ3v) is 5.50. The van der Waals surface area contributed by atoms with E-state index in [1.54, 1.807) is 0 Å². The van der Waals surface area contributed by atoms with Crippen LogP contribution < -0.4 is 10.6 Å². The smallest absolute Gasteiger partial charge is 0.237 e. The predicted molar refractivity (Wildman–Crippen MR) is 75.9 cm³/mol. The van der Waals surface area contributed by atoms with Crippen molar-refractivity contribution in [2.75, 3.05) is 13.6 Å². The van der Waals surface area contributed by atoms with Gasteiger partial charge in [-0.3, -0.25) is 4.79 Å². The van der Waals surface area contributed by atoms with Gasteiger partial charge in [0.15, 0.2) is 0 Å². The van der Waals surface area contributed by atoms with Crippen molar-refractivity contribution in [3.63, 3.8) is 0 Å². The fourth-order valence-corrected chi connectivity index (χ4v) is 4.21. The molecule has 0 radical (unpaired) electrons. The van der Waals surface area contributed by atoms with Crippen LogP contribution in [0.3, 0.4) is 0 Å². The van der Waals surface area contributed by atoms with Crippen molar-refractivity contribution in [1.82, 2.24) is 15.5 Å². The maximum atomic E-state index is 12.3. The quantitative estimate of drug-likeness (QED) is 0.786. The number of hydrogen-bond acceptors (Lipinski definition) is 3. The summed E-state index contributed by atoms with van der Waals surface area (Å²) >= 11 is 0. The van der Waals surface area contributed by atoms with E-state index in [0.717, 1.165) is 25.8 Å². The van der Waals surface area contributed by atoms with Crippen LogP contribution in [0.2, 0.25) is 0 Å². The molecule has 3 aliphatic rings. The predicted octanol–water partition coefficient (Wildman–Crippen LogP) is 1.12. The standard InChI is InChI=1S/C15H27N3O/c1-10-6-7-16-14(10)15(19)17-11-8-12-4-3-5-13(9-11)18(12)2/h10-14,16H,3-9H2,1-2H3,(H,17,19). The number of fused-ring (bicyclic) bond motifs is 2. The molecule has 2 N–H and O–H groups in total. The molecule has 19 heavy (non-hydrogen) atoms. The minimum atomic E-state index is 0.0412. The molecule has 3 heterocycles. The van der Waals surface area contributed by atoms with Crippen molar-refractivity contribution in [2.24, 2.45) is 5.92 Å². The maximum Gasteiger partial charge on any atom is 0.237 e. The second kappa shape index (κ2) is 5.41. The molecule has 4 nitrogen and oxygen atoms in total. The largest absolute Gasteiger partial charge is 0.352 e. The first-order chi connectivity index (χ1) is 9.15. The van der Waals surface area contributed by atoms with Gasteiger partial charge in [0.25, 0.3) is 0 Å². The third kappa shape index (κ3) is 2.65. The molecule has 0 aliphatic carbocycles. The molecule has 0 spiro atoms. The van der Waals surface area contributed by atoms with Crippen molar-refractivity contribution in [2.45, 2.75) is 69.6 Å². The van der Waals surface area contributed by atoms with Crippen molar-refractivity contribution in [1.29, 1.82) is 0 Å². The molecule has 4 unspecified atom stereocenters. The van der Waals surface area contributed by atoms with Gasteiger partial charge in [-0.25, -0.2) is 0 Å². The number of nitrogens with zero attached hydrogens (tertiary/aromatic N) is 1. The Balaban J connectivity index is 1.57. The summed E-state index contributed by atoms with van der Waals surface area (Å²) in [6.07, 6.45) is 7.37. The molecule has 2 bridgehead atoms. The van der Waals surface area contributed by atoms with Crippen LogP contribution in [0.25, 0.3) is 0 Å². The van der Waals surface area contributed by atoms with E-state index >= 15 is 0 Å². The minimum absolute atomic E-state index is 0.0412. The zero-order valence-electron chi connectivity index (χ0n) is 12.2. The van der Waals surface area contributed by atoms with Gasteiger partial charge in [0.2, 0.25) is 5.91 Å². The summed E-state index contributed by atoms with van der Waals surface area (Å²) in [5.41, 5.74) is 0. The van der Waals surface area contributed by atoms with Crippen LogP contribution in [0.5, 0.6) is 0 Å². The number of hydrogen-bond donors (Lipinski definition) is 2. The van der Waals surface area contributed by atoms with Gasteiger partial charge >= 0.3 is 0 Å². The molecule has 0 saturated carbocycles. The van der Waals surface area contributed by atoms with E-state index in [1.807, 2.05) is 0 Å². The lowest BCUT2D eigenvalue weighted by atomic mass is 9.82. The molecular formula is C15H27N3O. The Morgan fingerprint density at radius 3 is 2.47 bits per heavy atom. The van der Waals surface area contributed by atoms with Crippen LogP contribution in [-0.2, 0) is 4.79 Å². The third-order valence-electron chi connectivity index (χ3n) is 5.50. The molecule has 0 aromatic carbocycles. The highest BCUT2D eigenvalue weighted by atomic mass is 16.2. The monoisotopic (exact) mass is 265 g/mol.